The van der Waals surface area contributed by atoms with Crippen molar-refractivity contribution in [3.8, 4) is 22.9 Å². The SMILES string of the molecule is COc1ccc(C(C(=O)NC2CCCC2)N(C(=O)Cn2nnc(-c3ccc(C)cc3)n2)c2ccc(Cl)cc2)cc1OC. The number of nitrogens with zero attached hydrogens (tertiary/aromatic N) is 5. The van der Waals surface area contributed by atoms with Crippen LogP contribution in [-0.2, 0) is 16.1 Å². The number of nitrogens with one attached hydrogen (secondary N) is 1. The van der Waals surface area contributed by atoms with Gasteiger partial charge in [-0.05, 0) is 66.9 Å². The number of tetrazole rings is 1. The van der Waals surface area contributed by atoms with Gasteiger partial charge in [0, 0.05) is 22.3 Å². The monoisotopic (exact) mass is 588 g/mol. The molecule has 1 fully saturated rings. The molecule has 1 heterocycles. The van der Waals surface area contributed by atoms with E-state index in [9.17, 15) is 9.59 Å². The van der Waals surface area contributed by atoms with Crippen LogP contribution in [0, 0.1) is 6.92 Å². The topological polar surface area (TPSA) is 111 Å². The summed E-state index contributed by atoms with van der Waals surface area (Å²) in [5.41, 5.74) is 2.94. The van der Waals surface area contributed by atoms with Gasteiger partial charge in [0.15, 0.2) is 11.5 Å². The van der Waals surface area contributed by atoms with E-state index in [-0.39, 0.29) is 18.5 Å². The van der Waals surface area contributed by atoms with E-state index in [4.69, 9.17) is 21.1 Å². The molecule has 1 unspecified atom stereocenters. The number of hydrogen-bond acceptors (Lipinski definition) is 7. The fourth-order valence-corrected chi connectivity index (χ4v) is 5.28. The Hall–Kier alpha value is -4.44. The number of halogens is 1. The van der Waals surface area contributed by atoms with Crippen molar-refractivity contribution in [1.29, 1.82) is 0 Å². The first-order chi connectivity index (χ1) is 20.4. The molecule has 218 valence electrons. The molecule has 0 spiro atoms. The molecule has 0 bridgehead atoms. The molecule has 1 aliphatic carbocycles. The lowest BCUT2D eigenvalue weighted by atomic mass is 10.0. The first kappa shape index (κ1) is 29.1. The molecular weight excluding hydrogens is 556 g/mol. The number of anilines is 1. The van der Waals surface area contributed by atoms with E-state index in [1.54, 1.807) is 49.6 Å². The highest BCUT2D eigenvalue weighted by atomic mass is 35.5. The number of aryl methyl sites for hydroxylation is 1. The largest absolute Gasteiger partial charge is 0.493 e. The highest BCUT2D eigenvalue weighted by Crippen LogP contribution is 2.35. The first-order valence-corrected chi connectivity index (χ1v) is 14.2. The van der Waals surface area contributed by atoms with Crippen molar-refractivity contribution < 1.29 is 19.1 Å². The van der Waals surface area contributed by atoms with Gasteiger partial charge in [-0.1, -0.05) is 60.3 Å². The van der Waals surface area contributed by atoms with Gasteiger partial charge in [0.1, 0.15) is 12.6 Å². The summed E-state index contributed by atoms with van der Waals surface area (Å²) in [6, 6.07) is 18.7. The molecule has 5 rings (SSSR count). The van der Waals surface area contributed by atoms with Crippen LogP contribution < -0.4 is 19.7 Å². The standard InChI is InChI=1S/C31H33ClN6O4/c1-20-8-10-21(11-9-20)30-34-36-37(35-30)19-28(39)38(25-15-13-23(32)14-16-25)29(31(40)33-24-6-4-5-7-24)22-12-17-26(41-2)27(18-22)42-3/h8-18,24,29H,4-7,19H2,1-3H3,(H,33,40). The normalized spacial score (nSPS) is 13.9. The number of amides is 2. The molecule has 11 heteroatoms. The fourth-order valence-electron chi connectivity index (χ4n) is 5.16. The van der Waals surface area contributed by atoms with Gasteiger partial charge in [-0.2, -0.15) is 4.80 Å². The number of hydrogen-bond donors (Lipinski definition) is 1. The predicted octanol–water partition coefficient (Wildman–Crippen LogP) is 5.15. The Morgan fingerprint density at radius 3 is 2.36 bits per heavy atom. The van der Waals surface area contributed by atoms with Crippen LogP contribution in [0.5, 0.6) is 11.5 Å². The van der Waals surface area contributed by atoms with Crippen LogP contribution in [-0.4, -0.2) is 52.3 Å². The third-order valence-electron chi connectivity index (χ3n) is 7.34. The van der Waals surface area contributed by atoms with E-state index in [1.165, 1.54) is 16.8 Å². The summed E-state index contributed by atoms with van der Waals surface area (Å²) >= 11 is 6.20. The van der Waals surface area contributed by atoms with Crippen molar-refractivity contribution in [2.45, 2.75) is 51.2 Å². The quantitative estimate of drug-likeness (QED) is 0.273. The first-order valence-electron chi connectivity index (χ1n) is 13.8. The summed E-state index contributed by atoms with van der Waals surface area (Å²) < 4.78 is 11.0. The number of benzene rings is 3. The lowest BCUT2D eigenvalue weighted by molar-refractivity contribution is -0.127. The minimum atomic E-state index is -1.03. The van der Waals surface area contributed by atoms with Crippen molar-refractivity contribution in [2.24, 2.45) is 0 Å². The van der Waals surface area contributed by atoms with Crippen molar-refractivity contribution in [1.82, 2.24) is 25.5 Å². The Balaban J connectivity index is 1.54. The molecule has 10 nitrogen and oxygen atoms in total. The van der Waals surface area contributed by atoms with Crippen LogP contribution in [0.3, 0.4) is 0 Å². The number of carbonyl (C=O) groups excluding carboxylic acids is 2. The molecule has 2 amide bonds. The third-order valence-corrected chi connectivity index (χ3v) is 7.60. The van der Waals surface area contributed by atoms with Crippen LogP contribution in [0.25, 0.3) is 11.4 Å². The summed E-state index contributed by atoms with van der Waals surface area (Å²) in [5, 5.41) is 16.4. The molecule has 1 aromatic heterocycles. The second-order valence-corrected chi connectivity index (χ2v) is 10.7. The van der Waals surface area contributed by atoms with Crippen LogP contribution >= 0.6 is 11.6 Å². The Bertz CT molecular complexity index is 1530. The Morgan fingerprint density at radius 1 is 1.00 bits per heavy atom. The van der Waals surface area contributed by atoms with Crippen molar-refractivity contribution in [2.75, 3.05) is 19.1 Å². The van der Waals surface area contributed by atoms with E-state index in [0.717, 1.165) is 36.8 Å². The molecule has 0 aliphatic heterocycles. The summed E-state index contributed by atoms with van der Waals surface area (Å²) in [5.74, 6) is 0.640. The molecule has 1 saturated carbocycles. The van der Waals surface area contributed by atoms with Crippen molar-refractivity contribution in [3.63, 3.8) is 0 Å². The number of carbonyl (C=O) groups is 2. The van der Waals surface area contributed by atoms with Gasteiger partial charge in [0.05, 0.1) is 14.2 Å². The molecule has 4 aromatic rings. The van der Waals surface area contributed by atoms with E-state index in [0.29, 0.717) is 33.6 Å². The predicted molar refractivity (Wildman–Crippen MR) is 160 cm³/mol. The second kappa shape index (κ2) is 13.0. The Labute approximate surface area is 249 Å². The maximum Gasteiger partial charge on any atom is 0.251 e. The average molecular weight is 589 g/mol. The third kappa shape index (κ3) is 6.54. The number of methoxy groups -OCH3 is 2. The smallest absolute Gasteiger partial charge is 0.251 e. The van der Waals surface area contributed by atoms with Crippen LogP contribution in [0.1, 0.15) is 42.9 Å². The highest BCUT2D eigenvalue weighted by Gasteiger charge is 2.35. The lowest BCUT2D eigenvalue weighted by Gasteiger charge is -2.32. The summed E-state index contributed by atoms with van der Waals surface area (Å²) in [7, 11) is 3.07. The van der Waals surface area contributed by atoms with Gasteiger partial charge in [0.2, 0.25) is 11.7 Å². The molecule has 0 saturated heterocycles. The van der Waals surface area contributed by atoms with Crippen LogP contribution in [0.4, 0.5) is 5.69 Å². The molecule has 3 aromatic carbocycles. The van der Waals surface area contributed by atoms with E-state index < -0.39 is 11.9 Å². The van der Waals surface area contributed by atoms with Crippen LogP contribution in [0.2, 0.25) is 5.02 Å². The van der Waals surface area contributed by atoms with Crippen molar-refractivity contribution >= 4 is 29.1 Å². The fraction of sp³-hybridized carbons (Fsp3) is 0.323. The average Bonchev–Trinajstić information content (AvgIpc) is 3.69. The highest BCUT2D eigenvalue weighted by molar-refractivity contribution is 6.30. The number of ether oxygens (including phenoxy) is 2. The maximum absolute atomic E-state index is 14.2. The summed E-state index contributed by atoms with van der Waals surface area (Å²) in [6.07, 6.45) is 3.88. The Kier molecular flexibility index (Phi) is 9.02. The van der Waals surface area contributed by atoms with E-state index >= 15 is 0 Å². The Morgan fingerprint density at radius 2 is 1.69 bits per heavy atom. The van der Waals surface area contributed by atoms with Gasteiger partial charge >= 0.3 is 0 Å². The van der Waals surface area contributed by atoms with Gasteiger partial charge < -0.3 is 14.8 Å². The van der Waals surface area contributed by atoms with Gasteiger partial charge in [0.25, 0.3) is 5.91 Å². The summed E-state index contributed by atoms with van der Waals surface area (Å²) in [6.45, 7) is 1.75. The zero-order valence-electron chi connectivity index (χ0n) is 23.8. The molecule has 0 radical (unpaired) electrons. The summed E-state index contributed by atoms with van der Waals surface area (Å²) in [4.78, 5) is 30.9. The van der Waals surface area contributed by atoms with Crippen LogP contribution in [0.15, 0.2) is 66.7 Å². The van der Waals surface area contributed by atoms with Gasteiger partial charge in [-0.15, -0.1) is 10.2 Å². The van der Waals surface area contributed by atoms with E-state index in [2.05, 4.69) is 20.7 Å². The zero-order chi connectivity index (χ0) is 29.6. The van der Waals surface area contributed by atoms with E-state index in [1.807, 2.05) is 31.2 Å². The van der Waals surface area contributed by atoms with Gasteiger partial charge in [-0.25, -0.2) is 0 Å². The number of aromatic nitrogens is 4. The molecule has 42 heavy (non-hydrogen) atoms. The lowest BCUT2D eigenvalue weighted by Crippen LogP contribution is -2.47. The van der Waals surface area contributed by atoms with Crippen molar-refractivity contribution in [3.05, 3.63) is 82.9 Å². The molecule has 1 N–H and O–H groups in total. The second-order valence-electron chi connectivity index (χ2n) is 10.3. The maximum atomic E-state index is 14.2. The molecule has 1 aliphatic rings. The molecule has 1 atom stereocenters. The van der Waals surface area contributed by atoms with Gasteiger partial charge in [-0.3, -0.25) is 14.5 Å². The minimum absolute atomic E-state index is 0.0383. The zero-order valence-corrected chi connectivity index (χ0v) is 24.5. The minimum Gasteiger partial charge on any atom is -0.493 e. The number of rotatable bonds is 10. The molecular formula is C31H33ClN6O4.